The van der Waals surface area contributed by atoms with Crippen molar-refractivity contribution in [2.75, 3.05) is 0 Å². The number of nitrogens with zero attached hydrogens (tertiary/aromatic N) is 1. The molecule has 0 radical (unpaired) electrons. The van der Waals surface area contributed by atoms with Gasteiger partial charge >= 0.3 is 0 Å². The van der Waals surface area contributed by atoms with Crippen LogP contribution in [0, 0.1) is 6.92 Å². The molecule has 4 nitrogen and oxygen atoms in total. The van der Waals surface area contributed by atoms with Crippen LogP contribution in [0.4, 0.5) is 0 Å². The number of hydrogen-bond acceptors (Lipinski definition) is 4. The molecule has 0 bridgehead atoms. The topological polar surface area (TPSA) is 69.1 Å². The van der Waals surface area contributed by atoms with Gasteiger partial charge in [-0.15, -0.1) is 0 Å². The number of aryl methyl sites for hydroxylation is 1. The van der Waals surface area contributed by atoms with E-state index in [0.717, 1.165) is 0 Å². The van der Waals surface area contributed by atoms with Gasteiger partial charge in [0.1, 0.15) is 14.2 Å². The van der Waals surface area contributed by atoms with Crippen LogP contribution in [-0.2, 0) is 19.9 Å². The van der Waals surface area contributed by atoms with E-state index < -0.39 is 8.68 Å². The Labute approximate surface area is 85.9 Å². The molecule has 6 heteroatoms. The quantitative estimate of drug-likeness (QED) is 0.794. The molecule has 1 aromatic carbocycles. The van der Waals surface area contributed by atoms with Crippen molar-refractivity contribution in [3.05, 3.63) is 24.1 Å². The van der Waals surface area contributed by atoms with Gasteiger partial charge < -0.3 is 4.42 Å². The summed E-state index contributed by atoms with van der Waals surface area (Å²) in [7, 11) is -2.83. The van der Waals surface area contributed by atoms with Crippen LogP contribution in [0.2, 0.25) is 0 Å². The minimum absolute atomic E-state index is 0.410. The predicted octanol–water partition coefficient (Wildman–Crippen LogP) is 1.12. The molecular formula is C8H8N2O2S2. The Balaban J connectivity index is 2.74. The third-order valence-corrected chi connectivity index (χ3v) is 3.28. The summed E-state index contributed by atoms with van der Waals surface area (Å²) in [5.41, 5.74) is 1.27. The monoisotopic (exact) mass is 228 g/mol. The number of hydrogen-bond donors (Lipinski definition) is 1. The minimum Gasteiger partial charge on any atom is -0.441 e. The predicted molar refractivity (Wildman–Crippen MR) is 56.7 cm³/mol. The zero-order chi connectivity index (χ0) is 10.3. The largest absolute Gasteiger partial charge is 0.441 e. The molecule has 1 unspecified atom stereocenters. The Morgan fingerprint density at radius 2 is 2.29 bits per heavy atom. The van der Waals surface area contributed by atoms with Crippen LogP contribution in [0.1, 0.15) is 5.89 Å². The maximum Gasteiger partial charge on any atom is 0.192 e. The lowest BCUT2D eigenvalue weighted by Crippen LogP contribution is -2.10. The zero-order valence-electron chi connectivity index (χ0n) is 7.39. The molecule has 2 N–H and O–H groups in total. The number of benzene rings is 1. The number of rotatable bonds is 1. The third kappa shape index (κ3) is 1.63. The summed E-state index contributed by atoms with van der Waals surface area (Å²) in [5, 5.41) is 5.34. The fourth-order valence-electron chi connectivity index (χ4n) is 1.20. The van der Waals surface area contributed by atoms with Crippen molar-refractivity contribution >= 4 is 31.0 Å². The summed E-state index contributed by atoms with van der Waals surface area (Å²) in [5.74, 6) is 0.560. The highest BCUT2D eigenvalue weighted by molar-refractivity contribution is 8.31. The second-order valence-corrected chi connectivity index (χ2v) is 5.95. The lowest BCUT2D eigenvalue weighted by atomic mass is 10.3. The van der Waals surface area contributed by atoms with E-state index in [1.807, 2.05) is 0 Å². The van der Waals surface area contributed by atoms with Gasteiger partial charge in [0, 0.05) is 18.1 Å². The van der Waals surface area contributed by atoms with Crippen molar-refractivity contribution in [1.29, 1.82) is 0 Å². The lowest BCUT2D eigenvalue weighted by Gasteiger charge is -1.98. The molecule has 74 valence electrons. The molecule has 0 aliphatic heterocycles. The maximum absolute atomic E-state index is 11.4. The van der Waals surface area contributed by atoms with Gasteiger partial charge in [0.15, 0.2) is 11.5 Å². The van der Waals surface area contributed by atoms with Gasteiger partial charge in [-0.05, 0) is 18.2 Å². The van der Waals surface area contributed by atoms with Gasteiger partial charge in [0.2, 0.25) is 0 Å². The Kier molecular flexibility index (Phi) is 2.06. The molecular weight excluding hydrogens is 220 g/mol. The molecule has 1 atom stereocenters. The van der Waals surface area contributed by atoms with Gasteiger partial charge in [0.25, 0.3) is 0 Å². The van der Waals surface area contributed by atoms with Gasteiger partial charge in [-0.2, -0.15) is 0 Å². The average Bonchev–Trinajstić information content (AvgIpc) is 2.41. The van der Waals surface area contributed by atoms with E-state index >= 15 is 0 Å². The van der Waals surface area contributed by atoms with Crippen LogP contribution in [0.3, 0.4) is 0 Å². The molecule has 2 rings (SSSR count). The summed E-state index contributed by atoms with van der Waals surface area (Å²) in [6.07, 6.45) is 0. The van der Waals surface area contributed by atoms with Crippen LogP contribution < -0.4 is 5.14 Å². The standard InChI is InChI=1S/C8H8N2O2S2/c1-5-10-7-4-6(14(9,11)13)2-3-8(7)12-5/h2-4H,1H3,(H2,9,11,13). The van der Waals surface area contributed by atoms with E-state index in [0.29, 0.717) is 21.9 Å². The van der Waals surface area contributed by atoms with Gasteiger partial charge in [0.05, 0.1) is 4.90 Å². The van der Waals surface area contributed by atoms with Crippen LogP contribution in [0.15, 0.2) is 27.5 Å². The highest BCUT2D eigenvalue weighted by atomic mass is 32.8. The normalized spacial score (nSPS) is 15.6. The van der Waals surface area contributed by atoms with Crippen LogP contribution in [0.25, 0.3) is 11.1 Å². The number of nitrogens with two attached hydrogens (primary N) is 1. The van der Waals surface area contributed by atoms with E-state index in [4.69, 9.17) is 9.56 Å². The second-order valence-electron chi connectivity index (χ2n) is 2.91. The van der Waals surface area contributed by atoms with Crippen molar-refractivity contribution in [2.24, 2.45) is 5.14 Å². The van der Waals surface area contributed by atoms with Crippen molar-refractivity contribution in [2.45, 2.75) is 11.8 Å². The van der Waals surface area contributed by atoms with E-state index in [1.165, 1.54) is 0 Å². The van der Waals surface area contributed by atoms with Crippen LogP contribution >= 0.6 is 0 Å². The minimum atomic E-state index is -2.83. The first-order chi connectivity index (χ1) is 6.47. The summed E-state index contributed by atoms with van der Waals surface area (Å²) < 4.78 is 16.6. The molecule has 0 fully saturated rings. The summed E-state index contributed by atoms with van der Waals surface area (Å²) in [4.78, 5) is 4.50. The molecule has 2 aromatic rings. The molecule has 14 heavy (non-hydrogen) atoms. The fourth-order valence-corrected chi connectivity index (χ4v) is 2.04. The number of fused-ring (bicyclic) bond motifs is 1. The first-order valence-corrected chi connectivity index (χ1v) is 6.41. The summed E-state index contributed by atoms with van der Waals surface area (Å²) >= 11 is 4.67. The molecule has 0 saturated heterocycles. The smallest absolute Gasteiger partial charge is 0.192 e. The Bertz CT molecular complexity index is 586. The van der Waals surface area contributed by atoms with Crippen LogP contribution in [-0.4, -0.2) is 9.19 Å². The first kappa shape index (κ1) is 9.57. The Morgan fingerprint density at radius 1 is 1.57 bits per heavy atom. The Hall–Kier alpha value is -0.980. The zero-order valence-corrected chi connectivity index (χ0v) is 9.02. The van der Waals surface area contributed by atoms with Crippen molar-refractivity contribution < 1.29 is 8.63 Å². The highest BCUT2D eigenvalue weighted by Gasteiger charge is 2.07. The highest BCUT2D eigenvalue weighted by Crippen LogP contribution is 2.18. The SMILES string of the molecule is Cc1nc2cc(S(N)(=O)=S)ccc2o1. The van der Waals surface area contributed by atoms with Gasteiger partial charge in [-0.1, -0.05) is 0 Å². The lowest BCUT2D eigenvalue weighted by molar-refractivity contribution is 0.561. The average molecular weight is 228 g/mol. The van der Waals surface area contributed by atoms with E-state index in [1.54, 1.807) is 25.1 Å². The molecule has 1 heterocycles. The maximum atomic E-state index is 11.4. The molecule has 1 aromatic heterocycles. The molecule has 0 saturated carbocycles. The van der Waals surface area contributed by atoms with E-state index in [-0.39, 0.29) is 0 Å². The van der Waals surface area contributed by atoms with Crippen molar-refractivity contribution in [3.63, 3.8) is 0 Å². The van der Waals surface area contributed by atoms with Crippen molar-refractivity contribution in [3.8, 4) is 0 Å². The molecule has 0 aliphatic rings. The molecule has 0 spiro atoms. The number of aromatic nitrogens is 1. The van der Waals surface area contributed by atoms with Crippen LogP contribution in [0.5, 0.6) is 0 Å². The summed E-state index contributed by atoms with van der Waals surface area (Å²) in [6.45, 7) is 1.74. The molecule has 0 amide bonds. The Morgan fingerprint density at radius 3 is 2.93 bits per heavy atom. The van der Waals surface area contributed by atoms with E-state index in [2.05, 4.69) is 16.2 Å². The number of oxazole rings is 1. The van der Waals surface area contributed by atoms with Gasteiger partial charge in [-0.25, -0.2) is 14.3 Å². The van der Waals surface area contributed by atoms with E-state index in [9.17, 15) is 4.21 Å². The fraction of sp³-hybridized carbons (Fsp3) is 0.125. The van der Waals surface area contributed by atoms with Gasteiger partial charge in [-0.3, -0.25) is 0 Å². The third-order valence-electron chi connectivity index (χ3n) is 1.79. The first-order valence-electron chi connectivity index (χ1n) is 3.87. The second kappa shape index (κ2) is 3.01. The molecule has 0 aliphatic carbocycles. The van der Waals surface area contributed by atoms with Crippen molar-refractivity contribution in [1.82, 2.24) is 4.98 Å². The summed E-state index contributed by atoms with van der Waals surface area (Å²) in [6, 6.07) is 4.87.